The maximum absolute atomic E-state index is 5.95. The van der Waals surface area contributed by atoms with Crippen molar-refractivity contribution in [1.29, 1.82) is 0 Å². The second-order valence-corrected chi connectivity index (χ2v) is 4.31. The van der Waals surface area contributed by atoms with Crippen molar-refractivity contribution in [1.82, 2.24) is 5.43 Å². The standard InChI is InChI=1S/C12H19ClN4O2/c1-8(7-18-2)15-12(17-14)16-9-4-5-10(13)11(6-9)19-3/h4-6,8H,7,14H2,1-3H3,(H2,15,16,17). The first-order valence-corrected chi connectivity index (χ1v) is 6.12. The number of hydrazine groups is 1. The van der Waals surface area contributed by atoms with E-state index in [4.69, 9.17) is 26.9 Å². The number of benzene rings is 1. The first-order chi connectivity index (χ1) is 9.10. The monoisotopic (exact) mass is 286 g/mol. The number of nitrogens with two attached hydrogens (primary N) is 1. The molecular weight excluding hydrogens is 268 g/mol. The highest BCUT2D eigenvalue weighted by Gasteiger charge is 2.05. The van der Waals surface area contributed by atoms with Crippen LogP contribution in [0, 0.1) is 0 Å². The minimum absolute atomic E-state index is 0.0160. The smallest absolute Gasteiger partial charge is 0.210 e. The van der Waals surface area contributed by atoms with Gasteiger partial charge in [0, 0.05) is 18.9 Å². The Bertz CT molecular complexity index is 440. The van der Waals surface area contributed by atoms with E-state index in [1.54, 1.807) is 32.4 Å². The van der Waals surface area contributed by atoms with Crippen LogP contribution in [0.2, 0.25) is 5.02 Å². The highest BCUT2D eigenvalue weighted by molar-refractivity contribution is 6.32. The van der Waals surface area contributed by atoms with Crippen molar-refractivity contribution in [2.75, 3.05) is 26.1 Å². The number of ether oxygens (including phenoxy) is 2. The lowest BCUT2D eigenvalue weighted by Crippen LogP contribution is -2.37. The van der Waals surface area contributed by atoms with Crippen molar-refractivity contribution >= 4 is 23.2 Å². The number of nitrogens with one attached hydrogen (secondary N) is 2. The third-order valence-corrected chi connectivity index (χ3v) is 2.62. The van der Waals surface area contributed by atoms with Crippen LogP contribution in [0.4, 0.5) is 5.69 Å². The number of nitrogens with zero attached hydrogens (tertiary/aromatic N) is 1. The Labute approximate surface area is 117 Å². The van der Waals surface area contributed by atoms with Crippen LogP contribution in [-0.4, -0.2) is 32.8 Å². The molecule has 0 radical (unpaired) electrons. The molecule has 0 spiro atoms. The van der Waals surface area contributed by atoms with Crippen molar-refractivity contribution in [2.45, 2.75) is 13.0 Å². The molecule has 106 valence electrons. The molecule has 0 aliphatic rings. The lowest BCUT2D eigenvalue weighted by molar-refractivity contribution is 0.185. The highest BCUT2D eigenvalue weighted by atomic mass is 35.5. The van der Waals surface area contributed by atoms with E-state index in [-0.39, 0.29) is 6.04 Å². The Hall–Kier alpha value is -1.50. The zero-order valence-electron chi connectivity index (χ0n) is 11.2. The second kappa shape index (κ2) is 7.83. The van der Waals surface area contributed by atoms with Crippen molar-refractivity contribution in [3.8, 4) is 5.75 Å². The van der Waals surface area contributed by atoms with Crippen molar-refractivity contribution < 1.29 is 9.47 Å². The fourth-order valence-electron chi connectivity index (χ4n) is 1.48. The third kappa shape index (κ3) is 4.94. The minimum atomic E-state index is -0.0160. The molecule has 0 heterocycles. The van der Waals surface area contributed by atoms with E-state index in [0.29, 0.717) is 23.3 Å². The van der Waals surface area contributed by atoms with E-state index < -0.39 is 0 Å². The number of methoxy groups -OCH3 is 2. The van der Waals surface area contributed by atoms with Gasteiger partial charge in [0.1, 0.15) is 5.75 Å². The van der Waals surface area contributed by atoms with Gasteiger partial charge in [-0.25, -0.2) is 10.8 Å². The zero-order valence-corrected chi connectivity index (χ0v) is 12.0. The van der Waals surface area contributed by atoms with Gasteiger partial charge in [-0.05, 0) is 19.1 Å². The number of guanidine groups is 1. The van der Waals surface area contributed by atoms with Gasteiger partial charge in [-0.1, -0.05) is 11.6 Å². The molecule has 0 aliphatic carbocycles. The quantitative estimate of drug-likeness (QED) is 0.332. The zero-order chi connectivity index (χ0) is 14.3. The van der Waals surface area contributed by atoms with Crippen LogP contribution in [0.15, 0.2) is 23.2 Å². The van der Waals surface area contributed by atoms with Crippen molar-refractivity contribution in [2.24, 2.45) is 10.8 Å². The maximum Gasteiger partial charge on any atom is 0.210 e. The molecule has 0 fully saturated rings. The van der Waals surface area contributed by atoms with Gasteiger partial charge in [-0.3, -0.25) is 5.43 Å². The fraction of sp³-hybridized carbons (Fsp3) is 0.417. The van der Waals surface area contributed by atoms with Crippen LogP contribution < -0.4 is 21.3 Å². The van der Waals surface area contributed by atoms with Crippen LogP contribution in [0.3, 0.4) is 0 Å². The lowest BCUT2D eigenvalue weighted by Gasteiger charge is -2.13. The summed E-state index contributed by atoms with van der Waals surface area (Å²) in [5.41, 5.74) is 3.27. The Morgan fingerprint density at radius 1 is 1.47 bits per heavy atom. The van der Waals surface area contributed by atoms with Crippen LogP contribution in [-0.2, 0) is 4.74 Å². The number of hydrogen-bond acceptors (Lipinski definition) is 4. The summed E-state index contributed by atoms with van der Waals surface area (Å²) in [5.74, 6) is 6.44. The van der Waals surface area contributed by atoms with Gasteiger partial charge in [0.05, 0.1) is 24.8 Å². The number of rotatable bonds is 5. The molecule has 0 bridgehead atoms. The van der Waals surface area contributed by atoms with E-state index in [9.17, 15) is 0 Å². The van der Waals surface area contributed by atoms with Gasteiger partial charge >= 0.3 is 0 Å². The van der Waals surface area contributed by atoms with E-state index in [1.165, 1.54) is 0 Å². The summed E-state index contributed by atoms with van der Waals surface area (Å²) in [6.45, 7) is 2.43. The Kier molecular flexibility index (Phi) is 6.41. The first kappa shape index (κ1) is 15.6. The van der Waals surface area contributed by atoms with Crippen molar-refractivity contribution in [3.63, 3.8) is 0 Å². The van der Waals surface area contributed by atoms with Gasteiger partial charge in [0.2, 0.25) is 5.96 Å². The highest BCUT2D eigenvalue weighted by Crippen LogP contribution is 2.27. The number of aliphatic imine (C=N–C) groups is 1. The summed E-state index contributed by atoms with van der Waals surface area (Å²) in [6, 6.07) is 5.28. The van der Waals surface area contributed by atoms with Gasteiger partial charge in [0.25, 0.3) is 0 Å². The second-order valence-electron chi connectivity index (χ2n) is 3.90. The SMILES string of the molecule is COCC(C)N=C(NN)Nc1ccc(Cl)c(OC)c1. The molecule has 0 amide bonds. The number of halogens is 1. The molecule has 6 nitrogen and oxygen atoms in total. The molecule has 1 rings (SSSR count). The summed E-state index contributed by atoms with van der Waals surface area (Å²) in [7, 11) is 3.18. The Morgan fingerprint density at radius 3 is 2.79 bits per heavy atom. The molecule has 0 saturated heterocycles. The normalized spacial score (nSPS) is 13.0. The summed E-state index contributed by atoms with van der Waals surface area (Å²) < 4.78 is 10.1. The molecule has 1 atom stereocenters. The number of hydrogen-bond donors (Lipinski definition) is 3. The number of anilines is 1. The molecule has 1 aromatic carbocycles. The lowest BCUT2D eigenvalue weighted by atomic mass is 10.3. The third-order valence-electron chi connectivity index (χ3n) is 2.31. The van der Waals surface area contributed by atoms with E-state index >= 15 is 0 Å². The topological polar surface area (TPSA) is 80.9 Å². The van der Waals surface area contributed by atoms with Crippen LogP contribution in [0.5, 0.6) is 5.75 Å². The summed E-state index contributed by atoms with van der Waals surface area (Å²) in [4.78, 5) is 4.33. The van der Waals surface area contributed by atoms with E-state index in [1.807, 2.05) is 6.92 Å². The Balaban J connectivity index is 2.81. The predicted octanol–water partition coefficient (Wildman–Crippen LogP) is 1.61. The van der Waals surface area contributed by atoms with Gasteiger partial charge in [-0.15, -0.1) is 0 Å². The molecule has 0 saturated carbocycles. The molecule has 1 aromatic rings. The van der Waals surface area contributed by atoms with Crippen LogP contribution in [0.25, 0.3) is 0 Å². The molecule has 0 aliphatic heterocycles. The minimum Gasteiger partial charge on any atom is -0.495 e. The van der Waals surface area contributed by atoms with Gasteiger partial charge in [0.15, 0.2) is 0 Å². The van der Waals surface area contributed by atoms with Crippen molar-refractivity contribution in [3.05, 3.63) is 23.2 Å². The van der Waals surface area contributed by atoms with Gasteiger partial charge in [-0.2, -0.15) is 0 Å². The summed E-state index contributed by atoms with van der Waals surface area (Å²) in [6.07, 6.45) is 0. The van der Waals surface area contributed by atoms with E-state index in [2.05, 4.69) is 15.7 Å². The molecule has 4 N–H and O–H groups in total. The first-order valence-electron chi connectivity index (χ1n) is 5.74. The van der Waals surface area contributed by atoms with Gasteiger partial charge < -0.3 is 14.8 Å². The fourth-order valence-corrected chi connectivity index (χ4v) is 1.67. The molecule has 1 unspecified atom stereocenters. The largest absolute Gasteiger partial charge is 0.495 e. The molecule has 0 aromatic heterocycles. The molecule has 7 heteroatoms. The average Bonchev–Trinajstić information content (AvgIpc) is 2.40. The predicted molar refractivity (Wildman–Crippen MR) is 77.7 cm³/mol. The summed E-state index contributed by atoms with van der Waals surface area (Å²) >= 11 is 5.95. The molecule has 19 heavy (non-hydrogen) atoms. The average molecular weight is 287 g/mol. The summed E-state index contributed by atoms with van der Waals surface area (Å²) in [5, 5.41) is 3.58. The van der Waals surface area contributed by atoms with E-state index in [0.717, 1.165) is 5.69 Å². The van der Waals surface area contributed by atoms with Crippen LogP contribution in [0.1, 0.15) is 6.92 Å². The van der Waals surface area contributed by atoms with Crippen LogP contribution >= 0.6 is 11.6 Å². The molecular formula is C12H19ClN4O2. The Morgan fingerprint density at radius 2 is 2.21 bits per heavy atom. The maximum atomic E-state index is 5.95.